The number of benzene rings is 1. The molecule has 4 nitrogen and oxygen atoms in total. The van der Waals surface area contributed by atoms with Gasteiger partial charge >= 0.3 is 0 Å². The van der Waals surface area contributed by atoms with Crippen molar-refractivity contribution in [3.8, 4) is 11.8 Å². The van der Waals surface area contributed by atoms with E-state index < -0.39 is 0 Å². The molecule has 0 bridgehead atoms. The van der Waals surface area contributed by atoms with Gasteiger partial charge in [0.15, 0.2) is 0 Å². The molecule has 0 aromatic heterocycles. The van der Waals surface area contributed by atoms with Gasteiger partial charge in [0.25, 0.3) is 5.91 Å². The number of rotatable bonds is 4. The molecule has 0 spiro atoms. The SMILES string of the molecule is Cc1c(C#CCO)cccc1C(=O)NC(C)CN(C)C. The number of carbonyl (C=O) groups is 1. The maximum Gasteiger partial charge on any atom is 0.251 e. The van der Waals surface area contributed by atoms with Gasteiger partial charge in [0.2, 0.25) is 0 Å². The summed E-state index contributed by atoms with van der Waals surface area (Å²) < 4.78 is 0. The van der Waals surface area contributed by atoms with E-state index in [0.29, 0.717) is 5.56 Å². The normalized spacial score (nSPS) is 11.7. The number of nitrogens with zero attached hydrogens (tertiary/aromatic N) is 1. The van der Waals surface area contributed by atoms with Gasteiger partial charge in [-0.2, -0.15) is 0 Å². The van der Waals surface area contributed by atoms with Crippen LogP contribution in [0.4, 0.5) is 0 Å². The summed E-state index contributed by atoms with van der Waals surface area (Å²) in [4.78, 5) is 14.3. The minimum atomic E-state index is -0.185. The van der Waals surface area contributed by atoms with Crippen molar-refractivity contribution in [2.75, 3.05) is 27.2 Å². The zero-order chi connectivity index (χ0) is 15.1. The van der Waals surface area contributed by atoms with Crippen molar-refractivity contribution < 1.29 is 9.90 Å². The van der Waals surface area contributed by atoms with E-state index in [1.54, 1.807) is 12.1 Å². The third-order valence-electron chi connectivity index (χ3n) is 2.90. The lowest BCUT2D eigenvalue weighted by atomic mass is 10.0. The molecule has 0 aliphatic heterocycles. The number of hydrogen-bond donors (Lipinski definition) is 2. The van der Waals surface area contributed by atoms with Crippen LogP contribution in [0.15, 0.2) is 18.2 Å². The molecule has 0 aliphatic rings. The van der Waals surface area contributed by atoms with Crippen LogP contribution in [0.25, 0.3) is 0 Å². The molecule has 0 aliphatic carbocycles. The zero-order valence-corrected chi connectivity index (χ0v) is 12.5. The molecule has 1 aromatic rings. The fourth-order valence-corrected chi connectivity index (χ4v) is 2.05. The van der Waals surface area contributed by atoms with Crippen molar-refractivity contribution in [3.05, 3.63) is 34.9 Å². The van der Waals surface area contributed by atoms with Crippen molar-refractivity contribution in [1.82, 2.24) is 10.2 Å². The van der Waals surface area contributed by atoms with E-state index in [1.807, 2.05) is 38.9 Å². The van der Waals surface area contributed by atoms with Crippen LogP contribution in [0, 0.1) is 18.8 Å². The van der Waals surface area contributed by atoms with Crippen LogP contribution >= 0.6 is 0 Å². The molecular weight excluding hydrogens is 252 g/mol. The highest BCUT2D eigenvalue weighted by Gasteiger charge is 2.13. The summed E-state index contributed by atoms with van der Waals surface area (Å²) in [6, 6.07) is 5.51. The van der Waals surface area contributed by atoms with E-state index in [1.165, 1.54) is 0 Å². The maximum absolute atomic E-state index is 12.3. The minimum Gasteiger partial charge on any atom is -0.384 e. The molecule has 0 radical (unpaired) electrons. The highest BCUT2D eigenvalue weighted by atomic mass is 16.2. The summed E-state index contributed by atoms with van der Waals surface area (Å²) in [5.41, 5.74) is 2.23. The lowest BCUT2D eigenvalue weighted by Crippen LogP contribution is -2.39. The number of likely N-dealkylation sites (N-methyl/N-ethyl adjacent to an activating group) is 1. The van der Waals surface area contributed by atoms with Gasteiger partial charge < -0.3 is 15.3 Å². The summed E-state index contributed by atoms with van der Waals surface area (Å²) in [5.74, 6) is 5.37. The molecule has 2 N–H and O–H groups in total. The van der Waals surface area contributed by atoms with Crippen LogP contribution in [0.5, 0.6) is 0 Å². The summed E-state index contributed by atoms with van der Waals surface area (Å²) in [6.45, 7) is 4.44. The smallest absolute Gasteiger partial charge is 0.251 e. The van der Waals surface area contributed by atoms with Crippen molar-refractivity contribution in [3.63, 3.8) is 0 Å². The van der Waals surface area contributed by atoms with Crippen LogP contribution in [0.1, 0.15) is 28.4 Å². The predicted molar refractivity (Wildman–Crippen MR) is 80.6 cm³/mol. The van der Waals surface area contributed by atoms with E-state index in [4.69, 9.17) is 5.11 Å². The van der Waals surface area contributed by atoms with E-state index in [9.17, 15) is 4.79 Å². The highest BCUT2D eigenvalue weighted by molar-refractivity contribution is 5.96. The summed E-state index contributed by atoms with van der Waals surface area (Å²) in [6.07, 6.45) is 0. The number of carbonyl (C=O) groups excluding carboxylic acids is 1. The fraction of sp³-hybridized carbons (Fsp3) is 0.438. The Morgan fingerprint density at radius 2 is 2.15 bits per heavy atom. The summed E-state index contributed by atoms with van der Waals surface area (Å²) in [5, 5.41) is 11.7. The lowest BCUT2D eigenvalue weighted by Gasteiger charge is -2.19. The maximum atomic E-state index is 12.3. The monoisotopic (exact) mass is 274 g/mol. The molecule has 1 atom stereocenters. The van der Waals surface area contributed by atoms with Gasteiger partial charge in [0, 0.05) is 23.7 Å². The highest BCUT2D eigenvalue weighted by Crippen LogP contribution is 2.13. The van der Waals surface area contributed by atoms with Crippen LogP contribution in [0.2, 0.25) is 0 Å². The van der Waals surface area contributed by atoms with Gasteiger partial charge in [-0.3, -0.25) is 4.79 Å². The average Bonchev–Trinajstić information content (AvgIpc) is 2.36. The first kappa shape index (κ1) is 16.2. The Morgan fingerprint density at radius 1 is 1.45 bits per heavy atom. The molecule has 0 saturated heterocycles. The fourth-order valence-electron chi connectivity index (χ4n) is 2.05. The first-order chi connectivity index (χ1) is 9.45. The van der Waals surface area contributed by atoms with Gasteiger partial charge in [-0.25, -0.2) is 0 Å². The van der Waals surface area contributed by atoms with Crippen molar-refractivity contribution in [2.45, 2.75) is 19.9 Å². The molecule has 1 amide bonds. The zero-order valence-electron chi connectivity index (χ0n) is 12.5. The van der Waals surface area contributed by atoms with E-state index >= 15 is 0 Å². The quantitative estimate of drug-likeness (QED) is 0.806. The Kier molecular flexibility index (Phi) is 6.23. The minimum absolute atomic E-state index is 0.0732. The molecule has 0 saturated carbocycles. The van der Waals surface area contributed by atoms with Gasteiger partial charge in [0.05, 0.1) is 0 Å². The Balaban J connectivity index is 2.88. The molecule has 1 unspecified atom stereocenters. The first-order valence-corrected chi connectivity index (χ1v) is 6.60. The Bertz CT molecular complexity index is 527. The second kappa shape index (κ2) is 7.68. The Hall–Kier alpha value is -1.83. The van der Waals surface area contributed by atoms with Crippen molar-refractivity contribution >= 4 is 5.91 Å². The number of amides is 1. The Labute approximate surface area is 120 Å². The first-order valence-electron chi connectivity index (χ1n) is 6.60. The molecule has 4 heteroatoms. The van der Waals surface area contributed by atoms with Crippen molar-refractivity contribution in [1.29, 1.82) is 0 Å². The van der Waals surface area contributed by atoms with Crippen LogP contribution < -0.4 is 5.32 Å². The molecule has 1 aromatic carbocycles. The van der Waals surface area contributed by atoms with E-state index in [2.05, 4.69) is 17.2 Å². The van der Waals surface area contributed by atoms with E-state index in [0.717, 1.165) is 17.7 Å². The largest absolute Gasteiger partial charge is 0.384 e. The third kappa shape index (κ3) is 4.69. The lowest BCUT2D eigenvalue weighted by molar-refractivity contribution is 0.0933. The van der Waals surface area contributed by atoms with E-state index in [-0.39, 0.29) is 18.6 Å². The van der Waals surface area contributed by atoms with Gasteiger partial charge in [-0.15, -0.1) is 0 Å². The Morgan fingerprint density at radius 3 is 2.75 bits per heavy atom. The second-order valence-corrected chi connectivity index (χ2v) is 5.07. The predicted octanol–water partition coefficient (Wildman–Crippen LogP) is 1.02. The van der Waals surface area contributed by atoms with Crippen LogP contribution in [0.3, 0.4) is 0 Å². The number of nitrogens with one attached hydrogen (secondary N) is 1. The van der Waals surface area contributed by atoms with Crippen LogP contribution in [-0.2, 0) is 0 Å². The second-order valence-electron chi connectivity index (χ2n) is 5.07. The summed E-state index contributed by atoms with van der Waals surface area (Å²) in [7, 11) is 3.94. The number of aliphatic hydroxyl groups is 1. The van der Waals surface area contributed by atoms with Crippen molar-refractivity contribution in [2.24, 2.45) is 0 Å². The average molecular weight is 274 g/mol. The van der Waals surface area contributed by atoms with Gasteiger partial charge in [0.1, 0.15) is 6.61 Å². The standard InChI is InChI=1S/C16H22N2O2/c1-12(11-18(3)4)17-16(20)15-9-5-7-14(13(15)2)8-6-10-19/h5,7,9,12,19H,10-11H2,1-4H3,(H,17,20). The molecule has 1 rings (SSSR count). The molecule has 0 fully saturated rings. The number of hydrogen-bond acceptors (Lipinski definition) is 3. The molecular formula is C16H22N2O2. The van der Waals surface area contributed by atoms with Gasteiger partial charge in [-0.1, -0.05) is 17.9 Å². The molecule has 20 heavy (non-hydrogen) atoms. The third-order valence-corrected chi connectivity index (χ3v) is 2.90. The van der Waals surface area contributed by atoms with Gasteiger partial charge in [-0.05, 0) is 45.6 Å². The summed E-state index contributed by atoms with van der Waals surface area (Å²) >= 11 is 0. The number of aliphatic hydroxyl groups excluding tert-OH is 1. The van der Waals surface area contributed by atoms with Crippen LogP contribution in [-0.4, -0.2) is 49.2 Å². The molecule has 108 valence electrons. The topological polar surface area (TPSA) is 52.6 Å². The molecule has 0 heterocycles.